The molecule has 2 amide bonds. The van der Waals surface area contributed by atoms with Crippen molar-refractivity contribution in [3.8, 4) is 5.75 Å². The molecule has 2 N–H and O–H groups in total. The fourth-order valence-corrected chi connectivity index (χ4v) is 2.66. The molecule has 0 aromatic heterocycles. The Morgan fingerprint density at radius 1 is 1.04 bits per heavy atom. The van der Waals surface area contributed by atoms with Crippen molar-refractivity contribution in [3.63, 3.8) is 0 Å². The molecule has 1 fully saturated rings. The predicted molar refractivity (Wildman–Crippen MR) is 88.2 cm³/mol. The Bertz CT molecular complexity index is 811. The zero-order valence-electron chi connectivity index (χ0n) is 11.6. The number of phenols is 1. The van der Waals surface area contributed by atoms with Gasteiger partial charge in [0.05, 0.1) is 15.7 Å². The van der Waals surface area contributed by atoms with Crippen LogP contribution < -0.4 is 10.4 Å². The molecule has 0 bridgehead atoms. The molecular formula is C16H10Cl2N2O3. The molecule has 116 valence electrons. The summed E-state index contributed by atoms with van der Waals surface area (Å²) in [5, 5.41) is 10.8. The number of hydrogen-bond donors (Lipinski definition) is 2. The van der Waals surface area contributed by atoms with Gasteiger partial charge in [0, 0.05) is 0 Å². The first-order valence-electron chi connectivity index (χ1n) is 6.57. The number of rotatable bonds is 2. The summed E-state index contributed by atoms with van der Waals surface area (Å²) in [5.41, 5.74) is 3.43. The Morgan fingerprint density at radius 2 is 1.65 bits per heavy atom. The van der Waals surface area contributed by atoms with Crippen LogP contribution in [0.1, 0.15) is 5.56 Å². The first-order valence-corrected chi connectivity index (χ1v) is 7.33. The normalized spacial score (nSPS) is 16.1. The molecule has 1 aliphatic heterocycles. The van der Waals surface area contributed by atoms with Gasteiger partial charge in [-0.15, -0.1) is 0 Å². The van der Waals surface area contributed by atoms with Crippen molar-refractivity contribution in [2.45, 2.75) is 0 Å². The first kappa shape index (κ1) is 15.4. The molecule has 2 aromatic carbocycles. The molecular weight excluding hydrogens is 339 g/mol. The molecule has 0 unspecified atom stereocenters. The predicted octanol–water partition coefficient (Wildman–Crippen LogP) is 3.16. The molecule has 0 spiro atoms. The SMILES string of the molecule is O=C1NN(c2ccccc2)C(=O)/C1=C\c1cc(Cl)c(O)c(Cl)c1. The van der Waals surface area contributed by atoms with E-state index in [4.69, 9.17) is 23.2 Å². The number of halogens is 2. The van der Waals surface area contributed by atoms with Gasteiger partial charge in [-0.3, -0.25) is 15.0 Å². The van der Waals surface area contributed by atoms with E-state index in [1.807, 2.05) is 6.07 Å². The number of amides is 2. The van der Waals surface area contributed by atoms with Gasteiger partial charge in [0.1, 0.15) is 5.57 Å². The largest absolute Gasteiger partial charge is 0.505 e. The van der Waals surface area contributed by atoms with Crippen molar-refractivity contribution < 1.29 is 14.7 Å². The average Bonchev–Trinajstić information content (AvgIpc) is 2.81. The first-order chi connectivity index (χ1) is 11.0. The maximum atomic E-state index is 12.4. The van der Waals surface area contributed by atoms with Crippen LogP contribution in [0.3, 0.4) is 0 Å². The lowest BCUT2D eigenvalue weighted by atomic mass is 10.1. The molecule has 0 aliphatic carbocycles. The minimum Gasteiger partial charge on any atom is -0.505 e. The third-order valence-corrected chi connectivity index (χ3v) is 3.83. The van der Waals surface area contributed by atoms with Gasteiger partial charge in [-0.2, -0.15) is 0 Å². The lowest BCUT2D eigenvalue weighted by Crippen LogP contribution is -2.35. The third kappa shape index (κ3) is 2.88. The van der Waals surface area contributed by atoms with E-state index in [0.29, 0.717) is 11.3 Å². The van der Waals surface area contributed by atoms with Gasteiger partial charge in [0.25, 0.3) is 11.8 Å². The molecule has 1 saturated heterocycles. The highest BCUT2D eigenvalue weighted by Crippen LogP contribution is 2.33. The minimum absolute atomic E-state index is 0.0371. The summed E-state index contributed by atoms with van der Waals surface area (Å²) in [4.78, 5) is 24.5. The van der Waals surface area contributed by atoms with Crippen molar-refractivity contribution >= 4 is 46.8 Å². The van der Waals surface area contributed by atoms with Gasteiger partial charge in [0.2, 0.25) is 0 Å². The van der Waals surface area contributed by atoms with Crippen LogP contribution in [0.25, 0.3) is 6.08 Å². The second-order valence-electron chi connectivity index (χ2n) is 4.81. The Morgan fingerprint density at radius 3 is 2.26 bits per heavy atom. The number of carbonyl (C=O) groups is 2. The molecule has 5 nitrogen and oxygen atoms in total. The number of nitrogens with zero attached hydrogens (tertiary/aromatic N) is 1. The lowest BCUT2D eigenvalue weighted by molar-refractivity contribution is -0.117. The molecule has 0 atom stereocenters. The standard InChI is InChI=1S/C16H10Cl2N2O3/c17-12-7-9(8-13(18)14(12)21)6-11-15(22)19-20(16(11)23)10-4-2-1-3-5-10/h1-8,21H,(H,19,22)/b11-6-. The lowest BCUT2D eigenvalue weighted by Gasteiger charge is -2.13. The summed E-state index contributed by atoms with van der Waals surface area (Å²) in [5.74, 6) is -1.26. The molecule has 2 aromatic rings. The van der Waals surface area contributed by atoms with Gasteiger partial charge in [-0.25, -0.2) is 5.01 Å². The summed E-state index contributed by atoms with van der Waals surface area (Å²) >= 11 is 11.7. The monoisotopic (exact) mass is 348 g/mol. The van der Waals surface area contributed by atoms with Gasteiger partial charge < -0.3 is 5.11 Å². The van der Waals surface area contributed by atoms with Crippen molar-refractivity contribution in [1.82, 2.24) is 5.43 Å². The average molecular weight is 349 g/mol. The van der Waals surface area contributed by atoms with E-state index in [9.17, 15) is 14.7 Å². The zero-order chi connectivity index (χ0) is 16.6. The van der Waals surface area contributed by atoms with Crippen molar-refractivity contribution in [1.29, 1.82) is 0 Å². The molecule has 1 heterocycles. The fraction of sp³-hybridized carbons (Fsp3) is 0. The Hall–Kier alpha value is -2.50. The van der Waals surface area contributed by atoms with Gasteiger partial charge in [-0.1, -0.05) is 41.4 Å². The fourth-order valence-electron chi connectivity index (χ4n) is 2.15. The molecule has 1 aliphatic rings. The Balaban J connectivity index is 1.97. The number of hydrazine groups is 1. The summed E-state index contributed by atoms with van der Waals surface area (Å²) in [7, 11) is 0. The van der Waals surface area contributed by atoms with Crippen LogP contribution in [0, 0.1) is 0 Å². The highest BCUT2D eigenvalue weighted by Gasteiger charge is 2.34. The number of anilines is 1. The molecule has 23 heavy (non-hydrogen) atoms. The maximum absolute atomic E-state index is 12.4. The quantitative estimate of drug-likeness (QED) is 0.646. The van der Waals surface area contributed by atoms with Crippen LogP contribution in [0.2, 0.25) is 10.0 Å². The topological polar surface area (TPSA) is 69.6 Å². The van der Waals surface area contributed by atoms with Gasteiger partial charge >= 0.3 is 0 Å². The second-order valence-corrected chi connectivity index (χ2v) is 5.62. The highest BCUT2D eigenvalue weighted by molar-refractivity contribution is 6.37. The second kappa shape index (κ2) is 5.95. The van der Waals surface area contributed by atoms with Crippen LogP contribution in [0.5, 0.6) is 5.75 Å². The van der Waals surface area contributed by atoms with E-state index in [2.05, 4.69) is 5.43 Å². The van der Waals surface area contributed by atoms with Crippen molar-refractivity contribution in [2.75, 3.05) is 5.01 Å². The minimum atomic E-state index is -0.529. The maximum Gasteiger partial charge on any atom is 0.282 e. The number of benzene rings is 2. The number of phenolic OH excluding ortho intramolecular Hbond substituents is 1. The smallest absolute Gasteiger partial charge is 0.282 e. The van der Waals surface area contributed by atoms with Crippen LogP contribution in [-0.2, 0) is 9.59 Å². The Kier molecular flexibility index (Phi) is 3.98. The number of carbonyl (C=O) groups excluding carboxylic acids is 2. The van der Waals surface area contributed by atoms with Crippen molar-refractivity contribution in [3.05, 3.63) is 63.6 Å². The number of nitrogens with one attached hydrogen (secondary N) is 1. The van der Waals surface area contributed by atoms with Crippen LogP contribution in [0.15, 0.2) is 48.0 Å². The van der Waals surface area contributed by atoms with Crippen LogP contribution >= 0.6 is 23.2 Å². The summed E-state index contributed by atoms with van der Waals surface area (Å²) < 4.78 is 0. The van der Waals surface area contributed by atoms with Gasteiger partial charge in [-0.05, 0) is 35.9 Å². The molecule has 7 heteroatoms. The van der Waals surface area contributed by atoms with E-state index in [0.717, 1.165) is 5.01 Å². The van der Waals surface area contributed by atoms with Crippen LogP contribution in [0.4, 0.5) is 5.69 Å². The number of hydrogen-bond acceptors (Lipinski definition) is 3. The zero-order valence-corrected chi connectivity index (χ0v) is 13.1. The summed E-state index contributed by atoms with van der Waals surface area (Å²) in [6.07, 6.45) is 1.37. The third-order valence-electron chi connectivity index (χ3n) is 3.26. The van der Waals surface area contributed by atoms with E-state index in [1.54, 1.807) is 24.3 Å². The number of para-hydroxylation sites is 1. The van der Waals surface area contributed by atoms with E-state index in [1.165, 1.54) is 18.2 Å². The molecule has 0 saturated carbocycles. The van der Waals surface area contributed by atoms with E-state index >= 15 is 0 Å². The number of aromatic hydroxyl groups is 1. The Labute approximate surface area is 141 Å². The van der Waals surface area contributed by atoms with Gasteiger partial charge in [0.15, 0.2) is 5.75 Å². The summed E-state index contributed by atoms with van der Waals surface area (Å²) in [6, 6.07) is 11.6. The van der Waals surface area contributed by atoms with E-state index in [-0.39, 0.29) is 21.4 Å². The van der Waals surface area contributed by atoms with Crippen LogP contribution in [-0.4, -0.2) is 16.9 Å². The van der Waals surface area contributed by atoms with Crippen molar-refractivity contribution in [2.24, 2.45) is 0 Å². The molecule has 3 rings (SSSR count). The highest BCUT2D eigenvalue weighted by atomic mass is 35.5. The summed E-state index contributed by atoms with van der Waals surface area (Å²) in [6.45, 7) is 0. The van der Waals surface area contributed by atoms with E-state index < -0.39 is 11.8 Å². The molecule has 0 radical (unpaired) electrons.